The summed E-state index contributed by atoms with van der Waals surface area (Å²) < 4.78 is 6.72. The lowest BCUT2D eigenvalue weighted by atomic mass is 10.1. The predicted molar refractivity (Wildman–Crippen MR) is 69.5 cm³/mol. The largest absolute Gasteiger partial charge is 0.378 e. The molecule has 1 aromatic carbocycles. The van der Waals surface area contributed by atoms with Crippen LogP contribution in [0.3, 0.4) is 0 Å². The fourth-order valence-electron chi connectivity index (χ4n) is 2.12. The molecule has 1 heterocycles. The van der Waals surface area contributed by atoms with Crippen LogP contribution in [0.1, 0.15) is 18.9 Å². The standard InChI is InChI=1S/C13H18BrNO/c1-2-12-10-16-8-7-15(12)9-11-5-3-4-6-13(11)14/h3-6,12H,2,7-10H2,1H3. The van der Waals surface area contributed by atoms with Gasteiger partial charge in [-0.3, -0.25) is 4.90 Å². The molecule has 1 unspecified atom stereocenters. The van der Waals surface area contributed by atoms with Crippen molar-refractivity contribution in [3.8, 4) is 0 Å². The molecule has 1 aromatic rings. The van der Waals surface area contributed by atoms with E-state index in [2.05, 4.69) is 52.0 Å². The number of rotatable bonds is 3. The summed E-state index contributed by atoms with van der Waals surface area (Å²) in [5, 5.41) is 0. The molecule has 0 radical (unpaired) electrons. The molecular formula is C13H18BrNO. The Kier molecular flexibility index (Phi) is 4.38. The smallest absolute Gasteiger partial charge is 0.0622 e. The minimum Gasteiger partial charge on any atom is -0.378 e. The molecule has 0 aromatic heterocycles. The van der Waals surface area contributed by atoms with Crippen LogP contribution in [-0.4, -0.2) is 30.7 Å². The van der Waals surface area contributed by atoms with Gasteiger partial charge >= 0.3 is 0 Å². The Morgan fingerprint density at radius 2 is 2.25 bits per heavy atom. The maximum absolute atomic E-state index is 5.52. The van der Waals surface area contributed by atoms with Crippen molar-refractivity contribution in [1.82, 2.24) is 4.90 Å². The van der Waals surface area contributed by atoms with Gasteiger partial charge in [-0.25, -0.2) is 0 Å². The topological polar surface area (TPSA) is 12.5 Å². The number of hydrogen-bond donors (Lipinski definition) is 0. The van der Waals surface area contributed by atoms with E-state index < -0.39 is 0 Å². The van der Waals surface area contributed by atoms with Gasteiger partial charge in [0.15, 0.2) is 0 Å². The van der Waals surface area contributed by atoms with E-state index in [1.807, 2.05) is 0 Å². The summed E-state index contributed by atoms with van der Waals surface area (Å²) in [6.45, 7) is 6.03. The monoisotopic (exact) mass is 283 g/mol. The number of hydrogen-bond acceptors (Lipinski definition) is 2. The second-order valence-corrected chi connectivity index (χ2v) is 5.05. The van der Waals surface area contributed by atoms with E-state index in [1.165, 1.54) is 10.0 Å². The number of halogens is 1. The lowest BCUT2D eigenvalue weighted by Crippen LogP contribution is -2.44. The highest BCUT2D eigenvalue weighted by Crippen LogP contribution is 2.20. The van der Waals surface area contributed by atoms with Crippen molar-refractivity contribution in [3.63, 3.8) is 0 Å². The van der Waals surface area contributed by atoms with Gasteiger partial charge < -0.3 is 4.74 Å². The number of nitrogens with zero attached hydrogens (tertiary/aromatic N) is 1. The molecule has 0 saturated carbocycles. The van der Waals surface area contributed by atoms with Crippen LogP contribution >= 0.6 is 15.9 Å². The lowest BCUT2D eigenvalue weighted by molar-refractivity contribution is -0.0128. The Morgan fingerprint density at radius 3 is 3.00 bits per heavy atom. The Balaban J connectivity index is 2.05. The van der Waals surface area contributed by atoms with Crippen LogP contribution in [0.25, 0.3) is 0 Å². The molecule has 88 valence electrons. The van der Waals surface area contributed by atoms with E-state index in [-0.39, 0.29) is 0 Å². The first kappa shape index (κ1) is 12.1. The molecular weight excluding hydrogens is 266 g/mol. The maximum Gasteiger partial charge on any atom is 0.0622 e. The van der Waals surface area contributed by atoms with Gasteiger partial charge in [-0.05, 0) is 18.1 Å². The third-order valence-corrected chi connectivity index (χ3v) is 3.93. The Bertz CT molecular complexity index is 342. The average molecular weight is 284 g/mol. The second-order valence-electron chi connectivity index (χ2n) is 4.20. The summed E-state index contributed by atoms with van der Waals surface area (Å²) in [6, 6.07) is 9.02. The van der Waals surface area contributed by atoms with E-state index in [4.69, 9.17) is 4.74 Å². The zero-order chi connectivity index (χ0) is 11.4. The number of benzene rings is 1. The van der Waals surface area contributed by atoms with E-state index in [9.17, 15) is 0 Å². The number of morpholine rings is 1. The van der Waals surface area contributed by atoms with Crippen molar-refractivity contribution in [2.24, 2.45) is 0 Å². The predicted octanol–water partition coefficient (Wildman–Crippen LogP) is 3.06. The molecule has 1 aliphatic rings. The molecule has 0 N–H and O–H groups in total. The summed E-state index contributed by atoms with van der Waals surface area (Å²) in [4.78, 5) is 2.52. The molecule has 0 bridgehead atoms. The van der Waals surface area contributed by atoms with Crippen LogP contribution in [0.5, 0.6) is 0 Å². The Morgan fingerprint density at radius 1 is 1.44 bits per heavy atom. The first-order chi connectivity index (χ1) is 7.81. The van der Waals surface area contributed by atoms with Gasteiger partial charge in [0, 0.05) is 23.6 Å². The van der Waals surface area contributed by atoms with Gasteiger partial charge in [0.25, 0.3) is 0 Å². The zero-order valence-corrected chi connectivity index (χ0v) is 11.2. The third kappa shape index (κ3) is 2.84. The highest BCUT2D eigenvalue weighted by molar-refractivity contribution is 9.10. The van der Waals surface area contributed by atoms with Gasteiger partial charge in [0.2, 0.25) is 0 Å². The minimum absolute atomic E-state index is 0.570. The minimum atomic E-state index is 0.570. The molecule has 2 rings (SSSR count). The fraction of sp³-hybridized carbons (Fsp3) is 0.538. The maximum atomic E-state index is 5.52. The molecule has 0 amide bonds. The van der Waals surface area contributed by atoms with Crippen molar-refractivity contribution in [3.05, 3.63) is 34.3 Å². The van der Waals surface area contributed by atoms with Crippen molar-refractivity contribution in [2.75, 3.05) is 19.8 Å². The first-order valence-electron chi connectivity index (χ1n) is 5.86. The molecule has 3 heteroatoms. The Labute approximate surface area is 106 Å². The summed E-state index contributed by atoms with van der Waals surface area (Å²) in [7, 11) is 0. The summed E-state index contributed by atoms with van der Waals surface area (Å²) in [5.41, 5.74) is 1.36. The molecule has 0 spiro atoms. The molecule has 16 heavy (non-hydrogen) atoms. The molecule has 1 aliphatic heterocycles. The van der Waals surface area contributed by atoms with Gasteiger partial charge in [0.1, 0.15) is 0 Å². The zero-order valence-electron chi connectivity index (χ0n) is 9.66. The van der Waals surface area contributed by atoms with Crippen molar-refractivity contribution in [2.45, 2.75) is 25.9 Å². The fourth-order valence-corrected chi connectivity index (χ4v) is 2.53. The van der Waals surface area contributed by atoms with Crippen molar-refractivity contribution < 1.29 is 4.74 Å². The van der Waals surface area contributed by atoms with Crippen LogP contribution in [0.4, 0.5) is 0 Å². The van der Waals surface area contributed by atoms with Crippen LogP contribution in [0.15, 0.2) is 28.7 Å². The van der Waals surface area contributed by atoms with Gasteiger partial charge in [-0.2, -0.15) is 0 Å². The Hall–Kier alpha value is -0.380. The molecule has 1 saturated heterocycles. The highest BCUT2D eigenvalue weighted by Gasteiger charge is 2.21. The third-order valence-electron chi connectivity index (χ3n) is 3.15. The van der Waals surface area contributed by atoms with Crippen LogP contribution in [0, 0.1) is 0 Å². The first-order valence-corrected chi connectivity index (χ1v) is 6.65. The van der Waals surface area contributed by atoms with Gasteiger partial charge in [-0.1, -0.05) is 41.1 Å². The average Bonchev–Trinajstić information content (AvgIpc) is 2.33. The molecule has 1 fully saturated rings. The SMILES string of the molecule is CCC1COCCN1Cc1ccccc1Br. The van der Waals surface area contributed by atoms with Crippen LogP contribution < -0.4 is 0 Å². The van der Waals surface area contributed by atoms with E-state index >= 15 is 0 Å². The van der Waals surface area contributed by atoms with E-state index in [0.29, 0.717) is 6.04 Å². The van der Waals surface area contributed by atoms with Crippen LogP contribution in [-0.2, 0) is 11.3 Å². The quantitative estimate of drug-likeness (QED) is 0.846. The number of ether oxygens (including phenoxy) is 1. The summed E-state index contributed by atoms with van der Waals surface area (Å²) in [5.74, 6) is 0. The normalized spacial score (nSPS) is 22.2. The lowest BCUT2D eigenvalue weighted by Gasteiger charge is -2.35. The molecule has 2 nitrogen and oxygen atoms in total. The molecule has 0 aliphatic carbocycles. The van der Waals surface area contributed by atoms with Crippen molar-refractivity contribution >= 4 is 15.9 Å². The van der Waals surface area contributed by atoms with E-state index in [0.717, 1.165) is 32.7 Å². The molecule has 1 atom stereocenters. The summed E-state index contributed by atoms with van der Waals surface area (Å²) >= 11 is 3.61. The highest BCUT2D eigenvalue weighted by atomic mass is 79.9. The van der Waals surface area contributed by atoms with Gasteiger partial charge in [0.05, 0.1) is 13.2 Å². The van der Waals surface area contributed by atoms with Gasteiger partial charge in [-0.15, -0.1) is 0 Å². The summed E-state index contributed by atoms with van der Waals surface area (Å²) in [6.07, 6.45) is 1.16. The second kappa shape index (κ2) is 5.80. The van der Waals surface area contributed by atoms with E-state index in [1.54, 1.807) is 0 Å². The van der Waals surface area contributed by atoms with Crippen LogP contribution in [0.2, 0.25) is 0 Å². The van der Waals surface area contributed by atoms with Crippen molar-refractivity contribution in [1.29, 1.82) is 0 Å².